The van der Waals surface area contributed by atoms with Crippen LogP contribution in [-0.4, -0.2) is 0 Å². The lowest BCUT2D eigenvalue weighted by Crippen LogP contribution is -1.84. The third-order valence-corrected chi connectivity index (χ3v) is 2.46. The van der Waals surface area contributed by atoms with Crippen molar-refractivity contribution in [2.45, 2.75) is 19.8 Å². The van der Waals surface area contributed by atoms with Crippen LogP contribution in [0.15, 0.2) is 36.4 Å². The van der Waals surface area contributed by atoms with Crippen molar-refractivity contribution in [3.8, 4) is 5.75 Å². The molecule has 71 valence electrons. The molecule has 0 amide bonds. The molecule has 0 N–H and O–H groups in total. The number of hydrogen-bond acceptors (Lipinski definition) is 0. The quantitative estimate of drug-likeness (QED) is 0.675. The van der Waals surface area contributed by atoms with Crippen molar-refractivity contribution in [3.63, 3.8) is 0 Å². The fraction of sp³-hybridized carbons (Fsp3) is 0.231. The maximum Gasteiger partial charge on any atom is 0.179 e. The van der Waals surface area contributed by atoms with E-state index in [2.05, 4.69) is 13.0 Å². The van der Waals surface area contributed by atoms with E-state index in [0.717, 1.165) is 18.2 Å². The van der Waals surface area contributed by atoms with E-state index in [0.29, 0.717) is 0 Å². The minimum absolute atomic E-state index is 0.0890. The fourth-order valence-electron chi connectivity index (χ4n) is 1.82. The number of fused-ring (bicyclic) bond motifs is 1. The number of rotatable bonds is 2. The van der Waals surface area contributed by atoms with Gasteiger partial charge < -0.3 is 0 Å². The van der Waals surface area contributed by atoms with Gasteiger partial charge in [0.05, 0.1) is 0 Å². The standard InChI is InChI=1S/C13H13O/c1-2-4-10-5-3-6-11-9-12(14)7-8-13(10)11/h3,5-9H,2,4H2,1H3. The smallest absolute Gasteiger partial charge is 0.179 e. The molecule has 0 saturated heterocycles. The zero-order chi connectivity index (χ0) is 9.97. The Morgan fingerprint density at radius 1 is 1.14 bits per heavy atom. The van der Waals surface area contributed by atoms with Gasteiger partial charge in [0.25, 0.3) is 0 Å². The van der Waals surface area contributed by atoms with E-state index < -0.39 is 0 Å². The number of benzene rings is 2. The molecule has 0 fully saturated rings. The largest absolute Gasteiger partial charge is 0.290 e. The van der Waals surface area contributed by atoms with Gasteiger partial charge in [0.1, 0.15) is 0 Å². The Bertz CT molecular complexity index is 446. The van der Waals surface area contributed by atoms with Gasteiger partial charge in [0.15, 0.2) is 5.75 Å². The van der Waals surface area contributed by atoms with E-state index in [1.165, 1.54) is 10.9 Å². The molecule has 1 radical (unpaired) electrons. The van der Waals surface area contributed by atoms with E-state index >= 15 is 0 Å². The number of hydrogen-bond donors (Lipinski definition) is 0. The van der Waals surface area contributed by atoms with E-state index in [-0.39, 0.29) is 5.75 Å². The van der Waals surface area contributed by atoms with Crippen molar-refractivity contribution < 1.29 is 5.11 Å². The SMILES string of the molecule is CCCc1cccc2cc([O])ccc12. The summed E-state index contributed by atoms with van der Waals surface area (Å²) in [4.78, 5) is 0. The van der Waals surface area contributed by atoms with Gasteiger partial charge in [-0.25, -0.2) is 0 Å². The van der Waals surface area contributed by atoms with Gasteiger partial charge in [-0.1, -0.05) is 37.6 Å². The van der Waals surface area contributed by atoms with Crippen LogP contribution in [0.4, 0.5) is 0 Å². The minimum atomic E-state index is 0.0890. The molecule has 0 aliphatic carbocycles. The van der Waals surface area contributed by atoms with Gasteiger partial charge >= 0.3 is 0 Å². The van der Waals surface area contributed by atoms with Crippen LogP contribution < -0.4 is 0 Å². The van der Waals surface area contributed by atoms with Gasteiger partial charge in [-0.2, -0.15) is 0 Å². The van der Waals surface area contributed by atoms with Crippen LogP contribution in [0.25, 0.3) is 10.8 Å². The van der Waals surface area contributed by atoms with Crippen molar-refractivity contribution in [1.29, 1.82) is 0 Å². The molecule has 2 aromatic carbocycles. The summed E-state index contributed by atoms with van der Waals surface area (Å²) in [6.45, 7) is 2.17. The Balaban J connectivity index is 2.62. The molecule has 0 bridgehead atoms. The summed E-state index contributed by atoms with van der Waals surface area (Å²) in [7, 11) is 0. The summed E-state index contributed by atoms with van der Waals surface area (Å²) >= 11 is 0. The average Bonchev–Trinajstić information content (AvgIpc) is 2.18. The van der Waals surface area contributed by atoms with Crippen LogP contribution in [0.2, 0.25) is 0 Å². The zero-order valence-electron chi connectivity index (χ0n) is 8.29. The first kappa shape index (κ1) is 9.07. The molecule has 2 aromatic rings. The van der Waals surface area contributed by atoms with Crippen LogP contribution in [-0.2, 0) is 11.5 Å². The highest BCUT2D eigenvalue weighted by Gasteiger charge is 2.00. The topological polar surface area (TPSA) is 19.9 Å². The predicted molar refractivity (Wildman–Crippen MR) is 58.1 cm³/mol. The lowest BCUT2D eigenvalue weighted by Gasteiger charge is -2.04. The molecule has 0 aliphatic rings. The average molecular weight is 185 g/mol. The summed E-state index contributed by atoms with van der Waals surface area (Å²) in [6.07, 6.45) is 2.22. The lowest BCUT2D eigenvalue weighted by molar-refractivity contribution is 0.355. The summed E-state index contributed by atoms with van der Waals surface area (Å²) < 4.78 is 0. The Hall–Kier alpha value is -1.50. The van der Waals surface area contributed by atoms with E-state index in [9.17, 15) is 5.11 Å². The molecule has 0 saturated carbocycles. The molecule has 14 heavy (non-hydrogen) atoms. The first-order chi connectivity index (χ1) is 6.81. The molecule has 0 spiro atoms. The Morgan fingerprint density at radius 3 is 2.79 bits per heavy atom. The highest BCUT2D eigenvalue weighted by molar-refractivity contribution is 5.86. The lowest BCUT2D eigenvalue weighted by atomic mass is 10.0. The highest BCUT2D eigenvalue weighted by atomic mass is 16.3. The van der Waals surface area contributed by atoms with Crippen molar-refractivity contribution >= 4 is 10.8 Å². The molecule has 2 rings (SSSR count). The molecule has 0 unspecified atom stereocenters. The molecule has 0 atom stereocenters. The van der Waals surface area contributed by atoms with Crippen LogP contribution in [0, 0.1) is 0 Å². The van der Waals surface area contributed by atoms with Crippen LogP contribution in [0.1, 0.15) is 18.9 Å². The second-order valence-corrected chi connectivity index (χ2v) is 3.55. The van der Waals surface area contributed by atoms with E-state index in [1.807, 2.05) is 18.2 Å². The molecular formula is C13H13O. The summed E-state index contributed by atoms with van der Waals surface area (Å²) in [5, 5.41) is 13.4. The van der Waals surface area contributed by atoms with E-state index in [4.69, 9.17) is 0 Å². The summed E-state index contributed by atoms with van der Waals surface area (Å²) in [6, 6.07) is 11.4. The first-order valence-electron chi connectivity index (χ1n) is 5.00. The summed E-state index contributed by atoms with van der Waals surface area (Å²) in [5.41, 5.74) is 1.34. The molecule has 0 aromatic heterocycles. The maximum absolute atomic E-state index is 11.2. The van der Waals surface area contributed by atoms with Gasteiger partial charge in [0, 0.05) is 0 Å². The first-order valence-corrected chi connectivity index (χ1v) is 5.00. The van der Waals surface area contributed by atoms with E-state index in [1.54, 1.807) is 12.1 Å². The minimum Gasteiger partial charge on any atom is -0.290 e. The van der Waals surface area contributed by atoms with Crippen molar-refractivity contribution in [1.82, 2.24) is 0 Å². The van der Waals surface area contributed by atoms with Gasteiger partial charge in [-0.3, -0.25) is 5.11 Å². The molecular weight excluding hydrogens is 172 g/mol. The third-order valence-electron chi connectivity index (χ3n) is 2.46. The Morgan fingerprint density at radius 2 is 2.00 bits per heavy atom. The molecule has 0 aliphatic heterocycles. The predicted octanol–water partition coefficient (Wildman–Crippen LogP) is 3.94. The Kier molecular flexibility index (Phi) is 2.40. The monoisotopic (exact) mass is 185 g/mol. The summed E-state index contributed by atoms with van der Waals surface area (Å²) in [5.74, 6) is 0.0890. The second kappa shape index (κ2) is 3.70. The Labute approximate surface area is 84.0 Å². The third kappa shape index (κ3) is 1.58. The highest BCUT2D eigenvalue weighted by Crippen LogP contribution is 2.24. The fourth-order valence-corrected chi connectivity index (χ4v) is 1.82. The van der Waals surface area contributed by atoms with Crippen LogP contribution >= 0.6 is 0 Å². The van der Waals surface area contributed by atoms with Crippen LogP contribution in [0.3, 0.4) is 0 Å². The molecule has 1 heteroatoms. The van der Waals surface area contributed by atoms with Crippen molar-refractivity contribution in [3.05, 3.63) is 42.0 Å². The van der Waals surface area contributed by atoms with Crippen LogP contribution in [0.5, 0.6) is 5.75 Å². The van der Waals surface area contributed by atoms with Crippen molar-refractivity contribution in [2.24, 2.45) is 0 Å². The normalized spacial score (nSPS) is 10.6. The van der Waals surface area contributed by atoms with Crippen molar-refractivity contribution in [2.75, 3.05) is 0 Å². The van der Waals surface area contributed by atoms with Gasteiger partial charge in [0.2, 0.25) is 0 Å². The molecule has 1 nitrogen and oxygen atoms in total. The van der Waals surface area contributed by atoms with Gasteiger partial charge in [-0.15, -0.1) is 0 Å². The second-order valence-electron chi connectivity index (χ2n) is 3.55. The number of aryl methyl sites for hydroxylation is 1. The maximum atomic E-state index is 11.2. The molecule has 0 heterocycles. The zero-order valence-corrected chi connectivity index (χ0v) is 8.29. The van der Waals surface area contributed by atoms with Gasteiger partial charge in [-0.05, 0) is 34.9 Å².